The molecule has 0 bridgehead atoms. The average Bonchev–Trinajstić information content (AvgIpc) is 2.46. The van der Waals surface area contributed by atoms with Gasteiger partial charge in [0.05, 0.1) is 6.04 Å². The van der Waals surface area contributed by atoms with Gasteiger partial charge in [0.25, 0.3) is 0 Å². The van der Waals surface area contributed by atoms with Gasteiger partial charge in [0, 0.05) is 25.2 Å². The second-order valence-corrected chi connectivity index (χ2v) is 4.63. The first-order valence-corrected chi connectivity index (χ1v) is 6.99. The smallest absolute Gasteiger partial charge is 0.241 e. The molecule has 3 N–H and O–H groups in total. The Morgan fingerprint density at radius 2 is 1.85 bits per heavy atom. The highest BCUT2D eigenvalue weighted by Crippen LogP contribution is 2.05. The van der Waals surface area contributed by atoms with Crippen molar-refractivity contribution < 1.29 is 9.59 Å². The minimum absolute atomic E-state index is 0.00928. The Labute approximate surface area is 120 Å². The van der Waals surface area contributed by atoms with Crippen LogP contribution in [0.1, 0.15) is 26.7 Å². The maximum absolute atomic E-state index is 11.9. The number of carbonyl (C=O) groups excluding carboxylic acids is 2. The van der Waals surface area contributed by atoms with Crippen LogP contribution in [-0.4, -0.2) is 30.9 Å². The van der Waals surface area contributed by atoms with E-state index in [2.05, 4.69) is 16.0 Å². The third-order valence-electron chi connectivity index (χ3n) is 2.81. The van der Waals surface area contributed by atoms with Crippen molar-refractivity contribution in [3.05, 3.63) is 30.3 Å². The van der Waals surface area contributed by atoms with Crippen molar-refractivity contribution in [3.63, 3.8) is 0 Å². The standard InChI is InChI=1S/C15H23N3O2/c1-3-10-17-14(19)9-11-16-12(2)15(20)18-13-7-5-4-6-8-13/h4-8,12,16H,3,9-11H2,1-2H3,(H,17,19)(H,18,20). The van der Waals surface area contributed by atoms with Crippen LogP contribution >= 0.6 is 0 Å². The number of benzene rings is 1. The van der Waals surface area contributed by atoms with Crippen molar-refractivity contribution in [1.29, 1.82) is 0 Å². The molecule has 0 spiro atoms. The van der Waals surface area contributed by atoms with E-state index in [-0.39, 0.29) is 17.9 Å². The Hall–Kier alpha value is -1.88. The topological polar surface area (TPSA) is 70.2 Å². The summed E-state index contributed by atoms with van der Waals surface area (Å²) in [4.78, 5) is 23.3. The third-order valence-corrected chi connectivity index (χ3v) is 2.81. The molecule has 0 saturated heterocycles. The lowest BCUT2D eigenvalue weighted by atomic mass is 10.2. The zero-order chi connectivity index (χ0) is 14.8. The van der Waals surface area contributed by atoms with E-state index in [9.17, 15) is 9.59 Å². The van der Waals surface area contributed by atoms with Crippen molar-refractivity contribution in [3.8, 4) is 0 Å². The van der Waals surface area contributed by atoms with E-state index in [0.717, 1.165) is 12.1 Å². The summed E-state index contributed by atoms with van der Waals surface area (Å²) in [7, 11) is 0. The van der Waals surface area contributed by atoms with E-state index >= 15 is 0 Å². The highest BCUT2D eigenvalue weighted by molar-refractivity contribution is 5.94. The molecular formula is C15H23N3O2. The molecule has 1 aromatic rings. The fraction of sp³-hybridized carbons (Fsp3) is 0.467. The van der Waals surface area contributed by atoms with Crippen LogP contribution in [0.25, 0.3) is 0 Å². The van der Waals surface area contributed by atoms with Crippen LogP contribution in [0.4, 0.5) is 5.69 Å². The van der Waals surface area contributed by atoms with Gasteiger partial charge in [-0.1, -0.05) is 25.1 Å². The molecule has 2 amide bonds. The van der Waals surface area contributed by atoms with Gasteiger partial charge in [-0.15, -0.1) is 0 Å². The Morgan fingerprint density at radius 3 is 2.50 bits per heavy atom. The van der Waals surface area contributed by atoms with Crippen LogP contribution in [0.5, 0.6) is 0 Å². The summed E-state index contributed by atoms with van der Waals surface area (Å²) in [5, 5.41) is 8.64. The number of rotatable bonds is 8. The summed E-state index contributed by atoms with van der Waals surface area (Å²) in [6, 6.07) is 8.96. The number of hydrogen-bond donors (Lipinski definition) is 3. The summed E-state index contributed by atoms with van der Waals surface area (Å²) in [6.45, 7) is 4.97. The molecule has 0 heterocycles. The van der Waals surface area contributed by atoms with Crippen LogP contribution < -0.4 is 16.0 Å². The first-order chi connectivity index (χ1) is 9.63. The lowest BCUT2D eigenvalue weighted by molar-refractivity contribution is -0.121. The van der Waals surface area contributed by atoms with Gasteiger partial charge in [-0.25, -0.2) is 0 Å². The molecular weight excluding hydrogens is 254 g/mol. The second kappa shape index (κ2) is 9.09. The highest BCUT2D eigenvalue weighted by atomic mass is 16.2. The molecule has 0 radical (unpaired) electrons. The summed E-state index contributed by atoms with van der Waals surface area (Å²) in [5.74, 6) is -0.0971. The Bertz CT molecular complexity index is 420. The van der Waals surface area contributed by atoms with Crippen LogP contribution in [0.2, 0.25) is 0 Å². The van der Waals surface area contributed by atoms with Crippen LogP contribution in [0.15, 0.2) is 30.3 Å². The van der Waals surface area contributed by atoms with Crippen molar-refractivity contribution in [2.75, 3.05) is 18.4 Å². The van der Waals surface area contributed by atoms with Gasteiger partial charge in [-0.3, -0.25) is 9.59 Å². The van der Waals surface area contributed by atoms with Crippen molar-refractivity contribution in [2.45, 2.75) is 32.7 Å². The maximum atomic E-state index is 11.9. The number of anilines is 1. The van der Waals surface area contributed by atoms with E-state index in [4.69, 9.17) is 0 Å². The normalized spacial score (nSPS) is 11.7. The van der Waals surface area contributed by atoms with E-state index in [1.54, 1.807) is 6.92 Å². The molecule has 0 fully saturated rings. The van der Waals surface area contributed by atoms with E-state index in [1.165, 1.54) is 0 Å². The molecule has 20 heavy (non-hydrogen) atoms. The number of nitrogens with one attached hydrogen (secondary N) is 3. The number of amides is 2. The molecule has 0 aliphatic rings. The predicted molar refractivity (Wildman–Crippen MR) is 80.5 cm³/mol. The van der Waals surface area contributed by atoms with E-state index < -0.39 is 0 Å². The van der Waals surface area contributed by atoms with Gasteiger partial charge in [0.15, 0.2) is 0 Å². The fourth-order valence-corrected chi connectivity index (χ4v) is 1.62. The first kappa shape index (κ1) is 16.2. The van der Waals surface area contributed by atoms with Crippen molar-refractivity contribution >= 4 is 17.5 Å². The lowest BCUT2D eigenvalue weighted by Crippen LogP contribution is -2.40. The molecule has 0 saturated carbocycles. The summed E-state index contributed by atoms with van der Waals surface area (Å²) in [6.07, 6.45) is 1.30. The van der Waals surface area contributed by atoms with Gasteiger partial charge in [-0.2, -0.15) is 0 Å². The quantitative estimate of drug-likeness (QED) is 0.674. The predicted octanol–water partition coefficient (Wildman–Crippen LogP) is 1.52. The Morgan fingerprint density at radius 1 is 1.15 bits per heavy atom. The highest BCUT2D eigenvalue weighted by Gasteiger charge is 2.12. The first-order valence-electron chi connectivity index (χ1n) is 6.99. The van der Waals surface area contributed by atoms with Crippen molar-refractivity contribution in [2.24, 2.45) is 0 Å². The van der Waals surface area contributed by atoms with Crippen LogP contribution in [0, 0.1) is 0 Å². The molecule has 0 aliphatic heterocycles. The number of carbonyl (C=O) groups is 2. The largest absolute Gasteiger partial charge is 0.356 e. The van der Waals surface area contributed by atoms with Gasteiger partial charge in [-0.05, 0) is 25.5 Å². The maximum Gasteiger partial charge on any atom is 0.241 e. The van der Waals surface area contributed by atoms with Crippen LogP contribution in [-0.2, 0) is 9.59 Å². The lowest BCUT2D eigenvalue weighted by Gasteiger charge is -2.14. The molecule has 1 atom stereocenters. The Balaban J connectivity index is 2.23. The molecule has 1 aromatic carbocycles. The van der Waals surface area contributed by atoms with Crippen LogP contribution in [0.3, 0.4) is 0 Å². The summed E-state index contributed by atoms with van der Waals surface area (Å²) < 4.78 is 0. The monoisotopic (exact) mass is 277 g/mol. The van der Waals surface area contributed by atoms with Gasteiger partial charge in [0.2, 0.25) is 11.8 Å². The van der Waals surface area contributed by atoms with Crippen molar-refractivity contribution in [1.82, 2.24) is 10.6 Å². The average molecular weight is 277 g/mol. The SMILES string of the molecule is CCCNC(=O)CCNC(C)C(=O)Nc1ccccc1. The molecule has 1 rings (SSSR count). The minimum Gasteiger partial charge on any atom is -0.356 e. The summed E-state index contributed by atoms with van der Waals surface area (Å²) in [5.41, 5.74) is 0.770. The van der Waals surface area contributed by atoms with Gasteiger partial charge in [0.1, 0.15) is 0 Å². The molecule has 1 unspecified atom stereocenters. The summed E-state index contributed by atoms with van der Waals surface area (Å²) >= 11 is 0. The minimum atomic E-state index is -0.339. The van der Waals surface area contributed by atoms with E-state index in [1.807, 2.05) is 37.3 Å². The second-order valence-electron chi connectivity index (χ2n) is 4.63. The zero-order valence-electron chi connectivity index (χ0n) is 12.1. The molecule has 0 aromatic heterocycles. The van der Waals surface area contributed by atoms with Gasteiger partial charge >= 0.3 is 0 Å². The fourth-order valence-electron chi connectivity index (χ4n) is 1.62. The molecule has 5 nitrogen and oxygen atoms in total. The van der Waals surface area contributed by atoms with E-state index in [0.29, 0.717) is 19.5 Å². The number of hydrogen-bond acceptors (Lipinski definition) is 3. The Kier molecular flexibility index (Phi) is 7.35. The molecule has 5 heteroatoms. The number of para-hydroxylation sites is 1. The zero-order valence-corrected chi connectivity index (χ0v) is 12.1. The molecule has 0 aliphatic carbocycles. The molecule has 110 valence electrons. The van der Waals surface area contributed by atoms with Gasteiger partial charge < -0.3 is 16.0 Å². The third kappa shape index (κ3) is 6.33.